The molecule has 0 aliphatic carbocycles. The number of nitrogens with one attached hydrogen (secondary N) is 1. The van der Waals surface area contributed by atoms with Gasteiger partial charge >= 0.3 is 0 Å². The van der Waals surface area contributed by atoms with E-state index in [0.717, 1.165) is 5.52 Å². The fourth-order valence-electron chi connectivity index (χ4n) is 1.24. The van der Waals surface area contributed by atoms with Crippen LogP contribution in [0.15, 0.2) is 64.2 Å². The van der Waals surface area contributed by atoms with Crippen molar-refractivity contribution >= 4 is 10.9 Å². The summed E-state index contributed by atoms with van der Waals surface area (Å²) >= 11 is 0. The van der Waals surface area contributed by atoms with E-state index in [9.17, 15) is 4.79 Å². The van der Waals surface area contributed by atoms with Crippen molar-refractivity contribution in [3.63, 3.8) is 0 Å². The standard InChI is InChI=1S/C9H7N.C3H3NO2/c1-2-6-9-8(4-1)5-3-7-10-9;5-3-1-2-6-4-3/h1-7H;1-2H,(H,4,5). The van der Waals surface area contributed by atoms with Crippen LogP contribution in [0.25, 0.3) is 10.9 Å². The highest BCUT2D eigenvalue weighted by molar-refractivity contribution is 5.77. The summed E-state index contributed by atoms with van der Waals surface area (Å²) in [5.41, 5.74) is 0.861. The molecule has 16 heavy (non-hydrogen) atoms. The summed E-state index contributed by atoms with van der Waals surface area (Å²) in [5, 5.41) is 3.27. The summed E-state index contributed by atoms with van der Waals surface area (Å²) in [4.78, 5) is 14.1. The predicted molar refractivity (Wildman–Crippen MR) is 61.1 cm³/mol. The molecule has 0 radical (unpaired) electrons. The van der Waals surface area contributed by atoms with Crippen molar-refractivity contribution in [3.05, 3.63) is 65.3 Å². The maximum Gasteiger partial charge on any atom is 0.279 e. The molecule has 4 heteroatoms. The zero-order valence-electron chi connectivity index (χ0n) is 8.46. The van der Waals surface area contributed by atoms with Gasteiger partial charge in [0.05, 0.1) is 5.52 Å². The first-order valence-corrected chi connectivity index (χ1v) is 4.78. The largest absolute Gasteiger partial charge is 0.387 e. The van der Waals surface area contributed by atoms with Gasteiger partial charge in [-0.2, -0.15) is 5.16 Å². The van der Waals surface area contributed by atoms with E-state index >= 15 is 0 Å². The van der Waals surface area contributed by atoms with Gasteiger partial charge in [0, 0.05) is 17.6 Å². The molecular weight excluding hydrogens is 204 g/mol. The van der Waals surface area contributed by atoms with Gasteiger partial charge in [-0.25, -0.2) is 0 Å². The number of hydrogen-bond donors (Lipinski definition) is 1. The first-order chi connectivity index (χ1) is 7.86. The molecule has 2 aromatic heterocycles. The van der Waals surface area contributed by atoms with E-state index in [1.807, 2.05) is 30.5 Å². The SMILES string of the molecule is O=c1cco[nH]1.c1ccc2ncccc2c1. The molecule has 0 unspecified atom stereocenters. The molecule has 0 bridgehead atoms. The van der Waals surface area contributed by atoms with Gasteiger partial charge in [-0.05, 0) is 12.1 Å². The highest BCUT2D eigenvalue weighted by Gasteiger charge is 1.86. The summed E-state index contributed by atoms with van der Waals surface area (Å²) in [5.74, 6) is 0. The molecule has 0 saturated carbocycles. The molecule has 1 N–H and O–H groups in total. The first-order valence-electron chi connectivity index (χ1n) is 4.78. The van der Waals surface area contributed by atoms with Crippen molar-refractivity contribution in [1.29, 1.82) is 0 Å². The third-order valence-corrected chi connectivity index (χ3v) is 1.96. The Labute approximate surface area is 91.5 Å². The normalized spacial score (nSPS) is 9.50. The van der Waals surface area contributed by atoms with E-state index in [1.54, 1.807) is 0 Å². The number of aromatic nitrogens is 2. The van der Waals surface area contributed by atoms with E-state index in [2.05, 4.69) is 26.8 Å². The maximum absolute atomic E-state index is 9.92. The van der Waals surface area contributed by atoms with Crippen molar-refractivity contribution in [2.45, 2.75) is 0 Å². The van der Waals surface area contributed by atoms with Crippen LogP contribution < -0.4 is 5.56 Å². The van der Waals surface area contributed by atoms with Gasteiger partial charge in [0.15, 0.2) is 0 Å². The molecule has 3 rings (SSSR count). The smallest absolute Gasteiger partial charge is 0.279 e. The second kappa shape index (κ2) is 4.93. The number of fused-ring (bicyclic) bond motifs is 1. The van der Waals surface area contributed by atoms with Crippen LogP contribution >= 0.6 is 0 Å². The highest BCUT2D eigenvalue weighted by Crippen LogP contribution is 2.07. The molecule has 3 aromatic rings. The summed E-state index contributed by atoms with van der Waals surface area (Å²) in [7, 11) is 0. The van der Waals surface area contributed by atoms with E-state index in [1.165, 1.54) is 17.7 Å². The second-order valence-electron chi connectivity index (χ2n) is 3.08. The lowest BCUT2D eigenvalue weighted by Crippen LogP contribution is -1.91. The van der Waals surface area contributed by atoms with Crippen molar-refractivity contribution in [1.82, 2.24) is 10.1 Å². The summed E-state index contributed by atoms with van der Waals surface area (Å²) < 4.78 is 4.28. The highest BCUT2D eigenvalue weighted by atomic mass is 16.5. The average molecular weight is 214 g/mol. The number of aromatic amines is 1. The third kappa shape index (κ3) is 2.57. The van der Waals surface area contributed by atoms with E-state index in [4.69, 9.17) is 0 Å². The van der Waals surface area contributed by atoms with Crippen LogP contribution in [0.4, 0.5) is 0 Å². The van der Waals surface area contributed by atoms with Gasteiger partial charge in [0.2, 0.25) is 0 Å². The Morgan fingerprint density at radius 2 is 1.88 bits per heavy atom. The number of benzene rings is 1. The minimum Gasteiger partial charge on any atom is -0.387 e. The average Bonchev–Trinajstić information content (AvgIpc) is 2.81. The lowest BCUT2D eigenvalue weighted by Gasteiger charge is -1.91. The Hall–Kier alpha value is -2.36. The Balaban J connectivity index is 0.000000138. The fraction of sp³-hybridized carbons (Fsp3) is 0. The van der Waals surface area contributed by atoms with Gasteiger partial charge in [-0.1, -0.05) is 24.3 Å². The van der Waals surface area contributed by atoms with Gasteiger partial charge in [-0.3, -0.25) is 9.78 Å². The van der Waals surface area contributed by atoms with E-state index in [-0.39, 0.29) is 5.56 Å². The molecule has 0 aliphatic heterocycles. The lowest BCUT2D eigenvalue weighted by molar-refractivity contribution is 0.413. The van der Waals surface area contributed by atoms with Gasteiger partial charge in [-0.15, -0.1) is 0 Å². The monoisotopic (exact) mass is 214 g/mol. The number of nitrogens with zero attached hydrogens (tertiary/aromatic N) is 1. The third-order valence-electron chi connectivity index (χ3n) is 1.96. The Bertz CT molecular complexity index is 531. The first kappa shape index (κ1) is 10.2. The number of hydrogen-bond acceptors (Lipinski definition) is 3. The molecule has 4 nitrogen and oxygen atoms in total. The van der Waals surface area contributed by atoms with Gasteiger partial charge in [0.1, 0.15) is 6.26 Å². The number of rotatable bonds is 0. The quantitative estimate of drug-likeness (QED) is 0.624. The lowest BCUT2D eigenvalue weighted by atomic mass is 10.2. The van der Waals surface area contributed by atoms with Crippen molar-refractivity contribution < 1.29 is 4.52 Å². The van der Waals surface area contributed by atoms with Crippen LogP contribution in [0.5, 0.6) is 0 Å². The number of H-pyrrole nitrogens is 1. The molecule has 2 heterocycles. The minimum atomic E-state index is -0.199. The molecule has 0 spiro atoms. The summed E-state index contributed by atoms with van der Waals surface area (Å²) in [6.07, 6.45) is 3.10. The van der Waals surface area contributed by atoms with Crippen LogP contribution in [-0.4, -0.2) is 10.1 Å². The Morgan fingerprint density at radius 3 is 2.50 bits per heavy atom. The molecule has 1 aromatic carbocycles. The molecular formula is C12H10N2O2. The van der Waals surface area contributed by atoms with Crippen molar-refractivity contribution in [2.75, 3.05) is 0 Å². The van der Waals surface area contributed by atoms with Crippen LogP contribution in [-0.2, 0) is 0 Å². The van der Waals surface area contributed by atoms with Crippen LogP contribution in [0.1, 0.15) is 0 Å². The minimum absolute atomic E-state index is 0.199. The summed E-state index contributed by atoms with van der Waals surface area (Å²) in [6.45, 7) is 0. The second-order valence-corrected chi connectivity index (χ2v) is 3.08. The predicted octanol–water partition coefficient (Wildman–Crippen LogP) is 2.20. The number of para-hydroxylation sites is 1. The molecule has 0 aliphatic rings. The van der Waals surface area contributed by atoms with Gasteiger partial charge < -0.3 is 4.52 Å². The maximum atomic E-state index is 9.92. The molecule has 80 valence electrons. The van der Waals surface area contributed by atoms with E-state index in [0.29, 0.717) is 0 Å². The summed E-state index contributed by atoms with van der Waals surface area (Å²) in [6, 6.07) is 13.4. The fourth-order valence-corrected chi connectivity index (χ4v) is 1.24. The molecule has 0 amide bonds. The van der Waals surface area contributed by atoms with Gasteiger partial charge in [0.25, 0.3) is 5.56 Å². The molecule has 0 saturated heterocycles. The van der Waals surface area contributed by atoms with Crippen LogP contribution in [0.3, 0.4) is 0 Å². The van der Waals surface area contributed by atoms with Crippen LogP contribution in [0, 0.1) is 0 Å². The Kier molecular flexibility index (Phi) is 3.13. The Morgan fingerprint density at radius 1 is 1.06 bits per heavy atom. The number of pyridine rings is 1. The van der Waals surface area contributed by atoms with Crippen molar-refractivity contribution in [3.8, 4) is 0 Å². The molecule has 0 atom stereocenters. The van der Waals surface area contributed by atoms with E-state index < -0.39 is 0 Å². The van der Waals surface area contributed by atoms with Crippen LogP contribution in [0.2, 0.25) is 0 Å². The topological polar surface area (TPSA) is 58.9 Å². The van der Waals surface area contributed by atoms with Crippen molar-refractivity contribution in [2.24, 2.45) is 0 Å². The zero-order valence-corrected chi connectivity index (χ0v) is 8.46. The molecule has 0 fully saturated rings. The zero-order chi connectivity index (χ0) is 11.2.